The van der Waals surface area contributed by atoms with E-state index < -0.39 is 30.9 Å². The van der Waals surface area contributed by atoms with Gasteiger partial charge in [0.2, 0.25) is 0 Å². The average molecular weight is 219 g/mol. The number of carbonyl (C=O) groups excluding carboxylic acids is 2. The molecule has 6 heteroatoms. The molecule has 0 aromatic heterocycles. The van der Waals surface area contributed by atoms with E-state index in [2.05, 4.69) is 0 Å². The monoisotopic (exact) mass is 219 g/mol. The molecular weight excluding hydrogens is 208 g/mol. The minimum absolute atomic E-state index is 0.237. The van der Waals surface area contributed by atoms with E-state index in [-0.39, 0.29) is 11.1 Å². The second kappa shape index (κ2) is 4.06. The molecule has 1 heterocycles. The number of hydrogen-bond donors (Lipinski definition) is 1. The average Bonchev–Trinajstić information content (AvgIpc) is 2.35. The van der Waals surface area contributed by atoms with Crippen LogP contribution in [0.4, 0.5) is 8.78 Å². The highest BCUT2D eigenvalue weighted by atomic mass is 19.3. The van der Waals surface area contributed by atoms with Gasteiger partial charge < -0.3 is 5.11 Å². The smallest absolute Gasteiger partial charge is 0.265 e. The van der Waals surface area contributed by atoms with Crippen molar-refractivity contribution in [3.8, 4) is 0 Å². The number of hydrogen-bond acceptors (Lipinski definition) is 3. The molecule has 0 aromatic rings. The minimum Gasteiger partial charge on any atom is -0.385 e. The van der Waals surface area contributed by atoms with Crippen LogP contribution in [0.15, 0.2) is 11.1 Å². The molecule has 0 saturated heterocycles. The van der Waals surface area contributed by atoms with Gasteiger partial charge in [-0.15, -0.1) is 0 Å². The molecule has 0 aliphatic carbocycles. The number of carbonyl (C=O) groups is 2. The maximum absolute atomic E-state index is 12.0. The van der Waals surface area contributed by atoms with Gasteiger partial charge in [-0.1, -0.05) is 0 Å². The molecule has 4 nitrogen and oxygen atoms in total. The van der Waals surface area contributed by atoms with Gasteiger partial charge in [-0.3, -0.25) is 14.5 Å². The third kappa shape index (κ3) is 2.04. The maximum Gasteiger partial charge on any atom is 0.265 e. The first-order valence-corrected chi connectivity index (χ1v) is 4.36. The van der Waals surface area contributed by atoms with Gasteiger partial charge in [0, 0.05) is 11.1 Å². The third-order valence-corrected chi connectivity index (χ3v) is 2.35. The summed E-state index contributed by atoms with van der Waals surface area (Å²) in [5.74, 6) is -1.23. The summed E-state index contributed by atoms with van der Waals surface area (Å²) >= 11 is 0. The summed E-state index contributed by atoms with van der Waals surface area (Å²) in [4.78, 5) is 23.4. The molecule has 0 saturated carbocycles. The van der Waals surface area contributed by atoms with Crippen LogP contribution >= 0.6 is 0 Å². The Balaban J connectivity index is 2.76. The van der Waals surface area contributed by atoms with Crippen LogP contribution in [-0.2, 0) is 9.59 Å². The van der Waals surface area contributed by atoms with E-state index in [0.717, 1.165) is 0 Å². The highest BCUT2D eigenvalue weighted by Gasteiger charge is 2.35. The van der Waals surface area contributed by atoms with Crippen LogP contribution in [-0.4, -0.2) is 40.9 Å². The largest absolute Gasteiger partial charge is 0.385 e. The van der Waals surface area contributed by atoms with Crippen LogP contribution in [0.2, 0.25) is 0 Å². The van der Waals surface area contributed by atoms with Crippen molar-refractivity contribution in [2.45, 2.75) is 26.4 Å². The highest BCUT2D eigenvalue weighted by Crippen LogP contribution is 2.20. The third-order valence-electron chi connectivity index (χ3n) is 2.35. The van der Waals surface area contributed by atoms with Crippen molar-refractivity contribution in [2.75, 3.05) is 6.54 Å². The number of nitrogens with zero attached hydrogens (tertiary/aromatic N) is 1. The zero-order valence-corrected chi connectivity index (χ0v) is 8.33. The Hall–Kier alpha value is -1.30. The molecule has 0 radical (unpaired) electrons. The summed E-state index contributed by atoms with van der Waals surface area (Å²) in [7, 11) is 0. The number of rotatable bonds is 3. The first-order valence-electron chi connectivity index (χ1n) is 4.36. The van der Waals surface area contributed by atoms with Gasteiger partial charge in [0.1, 0.15) is 6.10 Å². The van der Waals surface area contributed by atoms with Crippen LogP contribution in [0, 0.1) is 0 Å². The zero-order chi connectivity index (χ0) is 11.7. The number of amides is 2. The Bertz CT molecular complexity index is 314. The minimum atomic E-state index is -2.97. The van der Waals surface area contributed by atoms with Crippen LogP contribution < -0.4 is 0 Å². The van der Waals surface area contributed by atoms with Gasteiger partial charge in [-0.05, 0) is 13.8 Å². The van der Waals surface area contributed by atoms with Crippen molar-refractivity contribution in [3.63, 3.8) is 0 Å². The van der Waals surface area contributed by atoms with Gasteiger partial charge in [-0.25, -0.2) is 8.78 Å². The standard InChI is InChI=1S/C9H11F2NO3/c1-4-5(2)9(15)12(8(4)14)3-6(13)7(10)11/h6-7,13H,3H2,1-2H3. The number of aliphatic hydroxyl groups excluding tert-OH is 1. The Morgan fingerprint density at radius 1 is 1.20 bits per heavy atom. The fraction of sp³-hybridized carbons (Fsp3) is 0.556. The summed E-state index contributed by atoms with van der Waals surface area (Å²) in [6, 6.07) is 0. The fourth-order valence-electron chi connectivity index (χ4n) is 1.25. The molecule has 84 valence electrons. The van der Waals surface area contributed by atoms with Crippen molar-refractivity contribution < 1.29 is 23.5 Å². The van der Waals surface area contributed by atoms with Crippen LogP contribution in [0.3, 0.4) is 0 Å². The Morgan fingerprint density at radius 2 is 1.60 bits per heavy atom. The molecule has 1 unspecified atom stereocenters. The predicted molar refractivity (Wildman–Crippen MR) is 47.1 cm³/mol. The van der Waals surface area contributed by atoms with Crippen LogP contribution in [0.25, 0.3) is 0 Å². The molecule has 0 bridgehead atoms. The molecule has 1 atom stereocenters. The van der Waals surface area contributed by atoms with Crippen LogP contribution in [0.1, 0.15) is 13.8 Å². The van der Waals surface area contributed by atoms with E-state index in [1.165, 1.54) is 13.8 Å². The molecule has 1 N–H and O–H groups in total. The van der Waals surface area contributed by atoms with E-state index in [1.54, 1.807) is 0 Å². The van der Waals surface area contributed by atoms with E-state index >= 15 is 0 Å². The normalized spacial score (nSPS) is 19.5. The second-order valence-electron chi connectivity index (χ2n) is 3.37. The summed E-state index contributed by atoms with van der Waals surface area (Å²) in [5, 5.41) is 8.88. The molecule has 0 aromatic carbocycles. The summed E-state index contributed by atoms with van der Waals surface area (Å²) < 4.78 is 24.0. The molecule has 0 spiro atoms. The first-order chi connectivity index (χ1) is 6.86. The lowest BCUT2D eigenvalue weighted by atomic mass is 10.2. The van der Waals surface area contributed by atoms with Gasteiger partial charge >= 0.3 is 0 Å². The van der Waals surface area contributed by atoms with E-state index in [0.29, 0.717) is 4.90 Å². The maximum atomic E-state index is 12.0. The van der Waals surface area contributed by atoms with Gasteiger partial charge in [0.25, 0.3) is 18.2 Å². The summed E-state index contributed by atoms with van der Waals surface area (Å²) in [6.07, 6.45) is -4.96. The Morgan fingerprint density at radius 3 is 1.93 bits per heavy atom. The number of β-amino-alcohol motifs (C(OH)–C–C–N with tert-alkyl or cyclic N) is 1. The fourth-order valence-corrected chi connectivity index (χ4v) is 1.25. The number of halogens is 2. The van der Waals surface area contributed by atoms with E-state index in [4.69, 9.17) is 5.11 Å². The topological polar surface area (TPSA) is 57.6 Å². The first kappa shape index (κ1) is 11.8. The molecule has 1 rings (SSSR count). The van der Waals surface area contributed by atoms with E-state index in [9.17, 15) is 18.4 Å². The van der Waals surface area contributed by atoms with Crippen LogP contribution in [0.5, 0.6) is 0 Å². The molecule has 1 aliphatic heterocycles. The van der Waals surface area contributed by atoms with Gasteiger partial charge in [0.05, 0.1) is 6.54 Å². The van der Waals surface area contributed by atoms with Crippen molar-refractivity contribution in [1.29, 1.82) is 0 Å². The number of imide groups is 1. The quantitative estimate of drug-likeness (QED) is 0.695. The lowest BCUT2D eigenvalue weighted by Crippen LogP contribution is -2.40. The zero-order valence-electron chi connectivity index (χ0n) is 8.33. The van der Waals surface area contributed by atoms with Crippen molar-refractivity contribution in [1.82, 2.24) is 4.90 Å². The molecule has 1 aliphatic rings. The lowest BCUT2D eigenvalue weighted by Gasteiger charge is -2.18. The molecule has 0 fully saturated rings. The second-order valence-corrected chi connectivity index (χ2v) is 3.37. The molecular formula is C9H11F2NO3. The summed E-state index contributed by atoms with van der Waals surface area (Å²) in [5.41, 5.74) is 0.475. The lowest BCUT2D eigenvalue weighted by molar-refractivity contribution is -0.140. The Labute approximate surface area is 85.2 Å². The highest BCUT2D eigenvalue weighted by molar-refractivity contribution is 6.18. The van der Waals surface area contributed by atoms with E-state index in [1.807, 2.05) is 0 Å². The number of aliphatic hydroxyl groups is 1. The number of alkyl halides is 2. The van der Waals surface area contributed by atoms with Gasteiger partial charge in [-0.2, -0.15) is 0 Å². The molecule has 15 heavy (non-hydrogen) atoms. The SMILES string of the molecule is CC1=C(C)C(=O)N(CC(O)C(F)F)C1=O. The summed E-state index contributed by atoms with van der Waals surface area (Å²) in [6.45, 7) is 2.23. The van der Waals surface area contributed by atoms with Crippen molar-refractivity contribution >= 4 is 11.8 Å². The predicted octanol–water partition coefficient (Wildman–Crippen LogP) is 0.318. The Kier molecular flexibility index (Phi) is 3.18. The van der Waals surface area contributed by atoms with Crippen molar-refractivity contribution in [2.24, 2.45) is 0 Å². The van der Waals surface area contributed by atoms with Gasteiger partial charge in [0.15, 0.2) is 0 Å². The molecule has 2 amide bonds. The van der Waals surface area contributed by atoms with Crippen molar-refractivity contribution in [3.05, 3.63) is 11.1 Å².